The largest absolute Gasteiger partial charge is 0.495 e. The highest BCUT2D eigenvalue weighted by atomic mass is 35.5. The number of ether oxygens (including phenoxy) is 1. The van der Waals surface area contributed by atoms with E-state index in [1.165, 1.54) is 38.6 Å². The Morgan fingerprint density at radius 3 is 2.39 bits per heavy atom. The van der Waals surface area contributed by atoms with Crippen LogP contribution in [0.25, 0.3) is 0 Å². The van der Waals surface area contributed by atoms with E-state index in [0.29, 0.717) is 21.4 Å². The van der Waals surface area contributed by atoms with Gasteiger partial charge in [0.15, 0.2) is 0 Å². The first-order valence-corrected chi connectivity index (χ1v) is 10.3. The van der Waals surface area contributed by atoms with Gasteiger partial charge in [-0.15, -0.1) is 0 Å². The van der Waals surface area contributed by atoms with Crippen LogP contribution in [0, 0.1) is 0 Å². The predicted molar refractivity (Wildman–Crippen MR) is 110 cm³/mol. The Bertz CT molecular complexity index is 992. The lowest BCUT2D eigenvalue weighted by Gasteiger charge is -2.16. The average molecular weight is 465 g/mol. The maximum Gasteiger partial charge on any atom is 0.255 e. The second-order valence-electron chi connectivity index (χ2n) is 5.49. The number of likely N-dealkylation sites (N-methyl/N-ethyl adjacent to an activating group) is 1. The van der Waals surface area contributed by atoms with Crippen molar-refractivity contribution in [3.05, 3.63) is 57.0 Å². The van der Waals surface area contributed by atoms with Gasteiger partial charge in [0.25, 0.3) is 5.91 Å². The van der Waals surface area contributed by atoms with Crippen molar-refractivity contribution in [2.24, 2.45) is 5.10 Å². The summed E-state index contributed by atoms with van der Waals surface area (Å²) in [4.78, 5) is 11.9. The van der Waals surface area contributed by atoms with Gasteiger partial charge in [-0.2, -0.15) is 9.41 Å². The number of nitrogens with one attached hydrogen (secondary N) is 1. The molecule has 1 amide bonds. The molecule has 150 valence electrons. The summed E-state index contributed by atoms with van der Waals surface area (Å²) in [7, 11) is -1.25. The number of rotatable bonds is 7. The second kappa shape index (κ2) is 9.58. The van der Waals surface area contributed by atoms with Gasteiger partial charge in [-0.3, -0.25) is 4.79 Å². The van der Waals surface area contributed by atoms with E-state index in [0.717, 1.165) is 4.31 Å². The molecule has 0 fully saturated rings. The van der Waals surface area contributed by atoms with Crippen LogP contribution >= 0.6 is 34.8 Å². The van der Waals surface area contributed by atoms with E-state index in [2.05, 4.69) is 10.5 Å². The van der Waals surface area contributed by atoms with E-state index in [1.54, 1.807) is 18.2 Å². The number of methoxy groups -OCH3 is 1. The molecule has 0 aliphatic rings. The van der Waals surface area contributed by atoms with Crippen molar-refractivity contribution in [2.75, 3.05) is 20.7 Å². The average Bonchev–Trinajstić information content (AvgIpc) is 2.64. The van der Waals surface area contributed by atoms with Gasteiger partial charge in [0.2, 0.25) is 10.0 Å². The lowest BCUT2D eigenvalue weighted by molar-refractivity contribution is -0.121. The van der Waals surface area contributed by atoms with Crippen LogP contribution in [0.3, 0.4) is 0 Å². The maximum atomic E-state index is 12.6. The third-order valence-corrected chi connectivity index (χ3v) is 6.33. The molecule has 2 rings (SSSR count). The van der Waals surface area contributed by atoms with Crippen molar-refractivity contribution in [2.45, 2.75) is 4.90 Å². The van der Waals surface area contributed by atoms with Crippen LogP contribution in [0.1, 0.15) is 5.56 Å². The lowest BCUT2D eigenvalue weighted by Crippen LogP contribution is -2.36. The molecule has 0 aromatic heterocycles. The molecular formula is C17H16Cl3N3O4S. The van der Waals surface area contributed by atoms with E-state index in [4.69, 9.17) is 39.5 Å². The van der Waals surface area contributed by atoms with Crippen molar-refractivity contribution < 1.29 is 17.9 Å². The Hall–Kier alpha value is -1.84. The number of benzene rings is 2. The number of halogens is 3. The maximum absolute atomic E-state index is 12.6. The molecule has 2 aromatic carbocycles. The molecule has 2 aromatic rings. The van der Waals surface area contributed by atoms with Crippen molar-refractivity contribution >= 4 is 56.9 Å². The summed E-state index contributed by atoms with van der Waals surface area (Å²) in [5.74, 6) is -0.307. The summed E-state index contributed by atoms with van der Waals surface area (Å²) in [6.45, 7) is -0.459. The quantitative estimate of drug-likeness (QED) is 0.502. The Morgan fingerprint density at radius 1 is 1.18 bits per heavy atom. The molecule has 0 heterocycles. The van der Waals surface area contributed by atoms with Gasteiger partial charge in [0.1, 0.15) is 5.75 Å². The van der Waals surface area contributed by atoms with E-state index >= 15 is 0 Å². The molecule has 28 heavy (non-hydrogen) atoms. The number of hydrogen-bond acceptors (Lipinski definition) is 5. The van der Waals surface area contributed by atoms with Gasteiger partial charge in [-0.25, -0.2) is 13.8 Å². The molecule has 0 saturated heterocycles. The Balaban J connectivity index is 2.05. The monoisotopic (exact) mass is 463 g/mol. The summed E-state index contributed by atoms with van der Waals surface area (Å²) < 4.78 is 31.0. The molecule has 0 saturated carbocycles. The highest BCUT2D eigenvalue weighted by Crippen LogP contribution is 2.28. The highest BCUT2D eigenvalue weighted by Gasteiger charge is 2.24. The molecular weight excluding hydrogens is 449 g/mol. The zero-order chi connectivity index (χ0) is 20.9. The highest BCUT2D eigenvalue weighted by molar-refractivity contribution is 7.89. The third kappa shape index (κ3) is 5.36. The third-order valence-electron chi connectivity index (χ3n) is 3.58. The number of amides is 1. The Kier molecular flexibility index (Phi) is 7.68. The number of carbonyl (C=O) groups is 1. The number of sulfonamides is 1. The lowest BCUT2D eigenvalue weighted by atomic mass is 10.2. The number of hydrazone groups is 1. The zero-order valence-corrected chi connectivity index (χ0v) is 17.9. The van der Waals surface area contributed by atoms with E-state index in [-0.39, 0.29) is 9.92 Å². The minimum atomic E-state index is -3.93. The molecule has 0 atom stereocenters. The molecule has 0 radical (unpaired) electrons. The molecule has 1 N–H and O–H groups in total. The minimum Gasteiger partial charge on any atom is -0.495 e. The van der Waals surface area contributed by atoms with Gasteiger partial charge in [0.05, 0.1) is 39.8 Å². The fraction of sp³-hybridized carbons (Fsp3) is 0.176. The van der Waals surface area contributed by atoms with Crippen LogP contribution in [0.2, 0.25) is 15.1 Å². The molecule has 7 nitrogen and oxygen atoms in total. The Labute approximate surface area is 177 Å². The molecule has 11 heteroatoms. The van der Waals surface area contributed by atoms with Crippen molar-refractivity contribution in [3.63, 3.8) is 0 Å². The van der Waals surface area contributed by atoms with Gasteiger partial charge in [-0.05, 0) is 30.3 Å². The van der Waals surface area contributed by atoms with Gasteiger partial charge in [0, 0.05) is 12.6 Å². The smallest absolute Gasteiger partial charge is 0.255 e. The molecule has 0 aliphatic carbocycles. The van der Waals surface area contributed by atoms with Crippen LogP contribution < -0.4 is 10.2 Å². The van der Waals surface area contributed by atoms with Gasteiger partial charge < -0.3 is 4.74 Å². The van der Waals surface area contributed by atoms with Crippen molar-refractivity contribution in [1.29, 1.82) is 0 Å². The van der Waals surface area contributed by atoms with E-state index < -0.39 is 22.5 Å². The van der Waals surface area contributed by atoms with E-state index in [1.807, 2.05) is 0 Å². The topological polar surface area (TPSA) is 88.1 Å². The summed E-state index contributed by atoms with van der Waals surface area (Å²) >= 11 is 18.0. The first-order valence-electron chi connectivity index (χ1n) is 7.72. The molecule has 0 aliphatic heterocycles. The van der Waals surface area contributed by atoms with Gasteiger partial charge >= 0.3 is 0 Å². The summed E-state index contributed by atoms with van der Waals surface area (Å²) in [6, 6.07) is 8.94. The fourth-order valence-electron chi connectivity index (χ4n) is 2.11. The second-order valence-corrected chi connectivity index (χ2v) is 8.75. The van der Waals surface area contributed by atoms with Gasteiger partial charge in [-0.1, -0.05) is 40.9 Å². The van der Waals surface area contributed by atoms with Crippen LogP contribution in [0.4, 0.5) is 0 Å². The van der Waals surface area contributed by atoms with Crippen molar-refractivity contribution in [3.8, 4) is 5.75 Å². The first-order chi connectivity index (χ1) is 13.2. The van der Waals surface area contributed by atoms with Crippen LogP contribution in [-0.4, -0.2) is 45.5 Å². The summed E-state index contributed by atoms with van der Waals surface area (Å²) in [5.41, 5.74) is 2.66. The number of carbonyl (C=O) groups excluding carboxylic acids is 1. The summed E-state index contributed by atoms with van der Waals surface area (Å²) in [6.07, 6.45) is 1.28. The summed E-state index contributed by atoms with van der Waals surface area (Å²) in [5, 5.41) is 4.62. The van der Waals surface area contributed by atoms with Crippen LogP contribution in [-0.2, 0) is 14.8 Å². The number of nitrogens with zero attached hydrogens (tertiary/aromatic N) is 2. The SMILES string of the molecule is COc1ccc(S(=O)(=O)N(C)CC(=O)N/N=C/c2c(Cl)cccc2Cl)cc1Cl. The standard InChI is InChI=1S/C17H16Cl3N3O4S/c1-23(28(25,26)11-6-7-16(27-2)15(20)8-11)10-17(24)22-21-9-12-13(18)4-3-5-14(12)19/h3-9H,10H2,1-2H3,(H,22,24)/b21-9+. The van der Waals surface area contributed by atoms with E-state index in [9.17, 15) is 13.2 Å². The number of hydrogen-bond donors (Lipinski definition) is 1. The zero-order valence-electron chi connectivity index (χ0n) is 14.8. The normalized spacial score (nSPS) is 11.8. The predicted octanol–water partition coefficient (Wildman–Crippen LogP) is 3.43. The molecule has 0 bridgehead atoms. The van der Waals surface area contributed by atoms with Crippen LogP contribution in [0.15, 0.2) is 46.4 Å². The Morgan fingerprint density at radius 2 is 1.82 bits per heavy atom. The molecule has 0 spiro atoms. The first kappa shape index (κ1) is 22.4. The fourth-order valence-corrected chi connectivity index (χ4v) is 4.08. The van der Waals surface area contributed by atoms with Crippen molar-refractivity contribution in [1.82, 2.24) is 9.73 Å². The van der Waals surface area contributed by atoms with Crippen LogP contribution in [0.5, 0.6) is 5.75 Å². The molecule has 0 unspecified atom stereocenters. The minimum absolute atomic E-state index is 0.0695.